The number of hydrogen-bond donors (Lipinski definition) is 1. The molecule has 5 heteroatoms. The van der Waals surface area contributed by atoms with Crippen molar-refractivity contribution in [3.63, 3.8) is 0 Å². The Labute approximate surface area is 64.7 Å². The van der Waals surface area contributed by atoms with E-state index in [-0.39, 0.29) is 12.5 Å². The molecule has 0 aromatic rings. The van der Waals surface area contributed by atoms with E-state index in [1.165, 1.54) is 0 Å². The first kappa shape index (κ1) is 10.3. The summed E-state index contributed by atoms with van der Waals surface area (Å²) in [5.74, 6) is -0.132. The average Bonchev–Trinajstić information content (AvgIpc) is 1.81. The van der Waals surface area contributed by atoms with E-state index in [1.807, 2.05) is 18.5 Å². The lowest BCUT2D eigenvalue weighted by Crippen LogP contribution is -2.31. The second kappa shape index (κ2) is 4.20. The van der Waals surface area contributed by atoms with Gasteiger partial charge in [-0.3, -0.25) is 4.79 Å². The molecule has 0 rings (SSSR count). The minimum absolute atomic E-state index is 0.0228. The molecule has 2 nitrogen and oxygen atoms in total. The molecule has 1 amide bonds. The van der Waals surface area contributed by atoms with Crippen molar-refractivity contribution < 1.29 is 9.18 Å². The van der Waals surface area contributed by atoms with Crippen LogP contribution in [0, 0.1) is 0 Å². The summed E-state index contributed by atoms with van der Waals surface area (Å²) in [5.41, 5.74) is 0. The first-order valence-corrected chi connectivity index (χ1v) is 4.14. The average molecular weight is 183 g/mol. The van der Waals surface area contributed by atoms with Crippen molar-refractivity contribution in [3.8, 4) is 0 Å². The largest absolute Gasteiger partial charge is 0.352 e. The summed E-state index contributed by atoms with van der Waals surface area (Å²) >= 11 is 0. The van der Waals surface area contributed by atoms with Gasteiger partial charge in [-0.05, 0) is 0 Å². The van der Waals surface area contributed by atoms with Gasteiger partial charge in [0.1, 0.15) is 0 Å². The van der Waals surface area contributed by atoms with Gasteiger partial charge in [-0.1, -0.05) is 25.4 Å². The predicted molar refractivity (Wildman–Crippen MR) is 46.6 cm³/mol. The monoisotopic (exact) mass is 183 g/mol. The van der Waals surface area contributed by atoms with Crippen LogP contribution in [0.4, 0.5) is 4.39 Å². The zero-order valence-corrected chi connectivity index (χ0v) is 8.16. The highest BCUT2D eigenvalue weighted by atomic mass is 31.1. The Balaban J connectivity index is 3.46. The van der Waals surface area contributed by atoms with Gasteiger partial charge in [-0.25, -0.2) is 4.39 Å². The van der Waals surface area contributed by atoms with E-state index in [2.05, 4.69) is 5.32 Å². The van der Waals surface area contributed by atoms with Crippen LogP contribution in [0.15, 0.2) is 0 Å². The molecule has 0 aliphatic rings. The highest BCUT2D eigenvalue weighted by molar-refractivity contribution is 7.39. The molecule has 2 unspecified atom stereocenters. The third kappa shape index (κ3) is 6.38. The third-order valence-corrected chi connectivity index (χ3v) is 1.29. The van der Waals surface area contributed by atoms with Crippen LogP contribution >= 0.6 is 18.5 Å². The Bertz CT molecular complexity index is 123. The molecule has 1 N–H and O–H groups in total. The molecule has 60 valence electrons. The van der Waals surface area contributed by atoms with Crippen molar-refractivity contribution in [2.24, 2.45) is 0 Å². The Hall–Kier alpha value is 0.260. The van der Waals surface area contributed by atoms with Crippen LogP contribution in [0.2, 0.25) is 0 Å². The van der Waals surface area contributed by atoms with Crippen LogP contribution in [-0.2, 0) is 4.79 Å². The number of carbonyl (C=O) groups is 1. The molecule has 10 heavy (non-hydrogen) atoms. The van der Waals surface area contributed by atoms with E-state index >= 15 is 0 Å². The molecule has 0 saturated heterocycles. The molecule has 0 fully saturated rings. The smallest absolute Gasteiger partial charge is 0.219 e. The summed E-state index contributed by atoms with van der Waals surface area (Å²) in [4.78, 5) is 10.6. The number of rotatable bonds is 3. The second-order valence-corrected chi connectivity index (χ2v) is 4.64. The first-order chi connectivity index (χ1) is 4.45. The normalized spacial score (nSPS) is 11.2. The summed E-state index contributed by atoms with van der Waals surface area (Å²) in [5, 5.41) is 0.949. The Morgan fingerprint density at radius 2 is 2.20 bits per heavy atom. The van der Waals surface area contributed by atoms with Gasteiger partial charge < -0.3 is 5.32 Å². The number of nitrogens with one attached hydrogen (secondary N) is 1. The molecule has 0 aromatic heterocycles. The molecule has 0 aliphatic heterocycles. The topological polar surface area (TPSA) is 29.1 Å². The van der Waals surface area contributed by atoms with Gasteiger partial charge in [0, 0.05) is 6.42 Å². The predicted octanol–water partition coefficient (Wildman–Crippen LogP) is 0.886. The number of halogens is 1. The lowest BCUT2D eigenvalue weighted by atomic mass is 10.4. The minimum Gasteiger partial charge on any atom is -0.352 e. The van der Waals surface area contributed by atoms with Crippen LogP contribution in [0.1, 0.15) is 13.3 Å². The van der Waals surface area contributed by atoms with E-state index in [0.29, 0.717) is 6.42 Å². The summed E-state index contributed by atoms with van der Waals surface area (Å²) < 4.78 is 12.6. The van der Waals surface area contributed by atoms with Crippen molar-refractivity contribution in [2.45, 2.75) is 18.5 Å². The minimum atomic E-state index is -1.47. The first-order valence-electron chi connectivity index (χ1n) is 2.99. The quantitative estimate of drug-likeness (QED) is 0.646. The van der Waals surface area contributed by atoms with Crippen molar-refractivity contribution in [1.82, 2.24) is 5.32 Å². The zero-order valence-electron chi connectivity index (χ0n) is 5.86. The molecule has 0 spiro atoms. The van der Waals surface area contributed by atoms with E-state index in [9.17, 15) is 9.18 Å². The van der Waals surface area contributed by atoms with Gasteiger partial charge in [0.15, 0.2) is 5.15 Å². The highest BCUT2D eigenvalue weighted by Gasteiger charge is 2.15. The summed E-state index contributed by atoms with van der Waals surface area (Å²) in [7, 11) is 3.97. The van der Waals surface area contributed by atoms with Gasteiger partial charge in [0.05, 0.1) is 6.54 Å². The van der Waals surface area contributed by atoms with Crippen LogP contribution in [0.3, 0.4) is 0 Å². The zero-order chi connectivity index (χ0) is 8.20. The summed E-state index contributed by atoms with van der Waals surface area (Å²) in [6, 6.07) is 0. The molecule has 0 heterocycles. The fourth-order valence-corrected chi connectivity index (χ4v) is 0.563. The van der Waals surface area contributed by atoms with Gasteiger partial charge in [0.25, 0.3) is 0 Å². The molecule has 0 bridgehead atoms. The number of amides is 1. The number of carbonyl (C=O) groups excluding carboxylic acids is 1. The fraction of sp³-hybridized carbons (Fsp3) is 0.800. The molecular weight excluding hydrogens is 171 g/mol. The Morgan fingerprint density at radius 1 is 1.70 bits per heavy atom. The van der Waals surface area contributed by atoms with Crippen molar-refractivity contribution in [2.75, 3.05) is 6.54 Å². The van der Waals surface area contributed by atoms with E-state index in [1.54, 1.807) is 6.92 Å². The fourth-order valence-electron chi connectivity index (χ4n) is 0.359. The number of alkyl halides is 1. The van der Waals surface area contributed by atoms with E-state index < -0.39 is 5.15 Å². The van der Waals surface area contributed by atoms with Crippen LogP contribution in [0.25, 0.3) is 0 Å². The van der Waals surface area contributed by atoms with Crippen molar-refractivity contribution in [3.05, 3.63) is 0 Å². The molecule has 0 saturated carbocycles. The lowest BCUT2D eigenvalue weighted by Gasteiger charge is -2.13. The van der Waals surface area contributed by atoms with Gasteiger partial charge in [-0.15, -0.1) is 0 Å². The van der Waals surface area contributed by atoms with Crippen molar-refractivity contribution >= 4 is 24.4 Å². The Kier molecular flexibility index (Phi) is 4.31. The summed E-state index contributed by atoms with van der Waals surface area (Å²) in [6.45, 7) is 1.75. The Morgan fingerprint density at radius 3 is 2.50 bits per heavy atom. The van der Waals surface area contributed by atoms with Crippen LogP contribution < -0.4 is 5.32 Å². The maximum absolute atomic E-state index is 12.6. The van der Waals surface area contributed by atoms with E-state index in [4.69, 9.17) is 0 Å². The molecule has 2 atom stereocenters. The van der Waals surface area contributed by atoms with Gasteiger partial charge in [-0.2, -0.15) is 0 Å². The van der Waals surface area contributed by atoms with Gasteiger partial charge in [0.2, 0.25) is 5.91 Å². The second-order valence-electron chi connectivity index (χ2n) is 2.06. The third-order valence-electron chi connectivity index (χ3n) is 0.878. The summed E-state index contributed by atoms with van der Waals surface area (Å²) in [6.07, 6.45) is 0.394. The number of hydrogen-bond acceptors (Lipinski definition) is 1. The molecular formula is C5H12FNOP2. The highest BCUT2D eigenvalue weighted by Crippen LogP contribution is 2.26. The van der Waals surface area contributed by atoms with E-state index in [0.717, 1.165) is 0 Å². The van der Waals surface area contributed by atoms with Crippen LogP contribution in [0.5, 0.6) is 0 Å². The lowest BCUT2D eigenvalue weighted by molar-refractivity contribution is -0.120. The maximum Gasteiger partial charge on any atom is 0.219 e. The molecule has 0 radical (unpaired) electrons. The van der Waals surface area contributed by atoms with Gasteiger partial charge >= 0.3 is 0 Å². The van der Waals surface area contributed by atoms with Crippen molar-refractivity contribution in [1.29, 1.82) is 0 Å². The maximum atomic E-state index is 12.6. The van der Waals surface area contributed by atoms with Crippen LogP contribution in [-0.4, -0.2) is 17.6 Å². The standard InChI is InChI=1S/C5H12FNOP2/c1-2-4(8)7-3-5(6,9)10/h2-3,9-10H2,1H3,(H,7,8). The molecule has 0 aromatic carbocycles. The SMILES string of the molecule is CCC(=O)NCC(F)(P)P. The molecule has 0 aliphatic carbocycles.